The second-order valence-electron chi connectivity index (χ2n) is 5.42. The van der Waals surface area contributed by atoms with E-state index in [2.05, 4.69) is 30.7 Å². The highest BCUT2D eigenvalue weighted by atomic mass is 32.1. The summed E-state index contributed by atoms with van der Waals surface area (Å²) >= 11 is 1.68. The molecule has 1 fully saturated rings. The molecule has 1 aliphatic carbocycles. The summed E-state index contributed by atoms with van der Waals surface area (Å²) in [6.07, 6.45) is 2.29. The molecule has 1 saturated carbocycles. The normalized spacial score (nSPS) is 16.9. The van der Waals surface area contributed by atoms with Gasteiger partial charge in [-0.15, -0.1) is 0 Å². The Balaban J connectivity index is 2.07. The van der Waals surface area contributed by atoms with Crippen molar-refractivity contribution in [3.05, 3.63) is 22.4 Å². The molecule has 0 aliphatic heterocycles. The number of carbonyl (C=O) groups is 1. The van der Waals surface area contributed by atoms with Crippen molar-refractivity contribution in [1.82, 2.24) is 4.90 Å². The molecular weight excluding hydrogens is 244 g/mol. The van der Waals surface area contributed by atoms with E-state index in [1.807, 2.05) is 4.90 Å². The molecule has 0 aromatic carbocycles. The molecule has 100 valence electrons. The van der Waals surface area contributed by atoms with Crippen molar-refractivity contribution in [2.24, 2.45) is 17.6 Å². The largest absolute Gasteiger partial charge is 0.335 e. The van der Waals surface area contributed by atoms with Gasteiger partial charge in [0.1, 0.15) is 0 Å². The zero-order valence-corrected chi connectivity index (χ0v) is 12.0. The number of amides is 1. The molecule has 0 radical (unpaired) electrons. The van der Waals surface area contributed by atoms with Gasteiger partial charge in [0.15, 0.2) is 0 Å². The molecule has 1 unspecified atom stereocenters. The van der Waals surface area contributed by atoms with Crippen LogP contribution in [0.4, 0.5) is 0 Å². The Morgan fingerprint density at radius 3 is 2.72 bits per heavy atom. The Morgan fingerprint density at radius 2 is 2.28 bits per heavy atom. The molecule has 2 N–H and O–H groups in total. The lowest BCUT2D eigenvalue weighted by atomic mass is 9.94. The van der Waals surface area contributed by atoms with Crippen LogP contribution in [0.15, 0.2) is 16.8 Å². The Bertz CT molecular complexity index is 385. The summed E-state index contributed by atoms with van der Waals surface area (Å²) in [7, 11) is 0. The fourth-order valence-corrected chi connectivity index (χ4v) is 2.88. The highest BCUT2D eigenvalue weighted by Crippen LogP contribution is 2.31. The van der Waals surface area contributed by atoms with Gasteiger partial charge in [0, 0.05) is 19.1 Å². The van der Waals surface area contributed by atoms with Crippen LogP contribution in [0.25, 0.3) is 0 Å². The van der Waals surface area contributed by atoms with E-state index >= 15 is 0 Å². The van der Waals surface area contributed by atoms with E-state index in [4.69, 9.17) is 5.73 Å². The van der Waals surface area contributed by atoms with Gasteiger partial charge in [-0.3, -0.25) is 4.79 Å². The third kappa shape index (κ3) is 3.12. The Kier molecular flexibility index (Phi) is 4.40. The van der Waals surface area contributed by atoms with Crippen LogP contribution in [0.5, 0.6) is 0 Å². The molecule has 1 amide bonds. The van der Waals surface area contributed by atoms with Gasteiger partial charge in [0.25, 0.3) is 0 Å². The van der Waals surface area contributed by atoms with Gasteiger partial charge in [0.2, 0.25) is 5.91 Å². The van der Waals surface area contributed by atoms with Crippen molar-refractivity contribution in [3.63, 3.8) is 0 Å². The quantitative estimate of drug-likeness (QED) is 0.860. The molecule has 3 nitrogen and oxygen atoms in total. The summed E-state index contributed by atoms with van der Waals surface area (Å²) in [5.41, 5.74) is 7.00. The number of hydrogen-bond acceptors (Lipinski definition) is 3. The van der Waals surface area contributed by atoms with Gasteiger partial charge in [0.05, 0.1) is 5.92 Å². The van der Waals surface area contributed by atoms with Crippen molar-refractivity contribution in [3.8, 4) is 0 Å². The first-order chi connectivity index (χ1) is 8.63. The van der Waals surface area contributed by atoms with E-state index in [9.17, 15) is 4.79 Å². The van der Waals surface area contributed by atoms with Gasteiger partial charge < -0.3 is 10.6 Å². The first kappa shape index (κ1) is 13.6. The van der Waals surface area contributed by atoms with Crippen LogP contribution in [0.2, 0.25) is 0 Å². The average molecular weight is 266 g/mol. The van der Waals surface area contributed by atoms with Gasteiger partial charge in [-0.05, 0) is 41.1 Å². The van der Waals surface area contributed by atoms with Crippen LogP contribution >= 0.6 is 11.3 Å². The van der Waals surface area contributed by atoms with Crippen LogP contribution in [0.1, 0.15) is 32.3 Å². The third-order valence-electron chi connectivity index (χ3n) is 3.58. The number of hydrogen-bond donors (Lipinski definition) is 1. The van der Waals surface area contributed by atoms with Crippen molar-refractivity contribution in [2.45, 2.75) is 39.3 Å². The van der Waals surface area contributed by atoms with Crippen LogP contribution in [-0.4, -0.2) is 23.4 Å². The van der Waals surface area contributed by atoms with Gasteiger partial charge in [-0.1, -0.05) is 13.8 Å². The standard InChI is InChI=1S/C14H22N2OS/c1-10(2)13(7-15)14(17)16(12-3-4-12)8-11-5-6-18-9-11/h5-6,9-10,12-13H,3-4,7-8,15H2,1-2H3. The number of nitrogens with zero attached hydrogens (tertiary/aromatic N) is 1. The Hall–Kier alpha value is -0.870. The zero-order valence-electron chi connectivity index (χ0n) is 11.1. The fourth-order valence-electron chi connectivity index (χ4n) is 2.22. The lowest BCUT2D eigenvalue weighted by Crippen LogP contribution is -2.42. The summed E-state index contributed by atoms with van der Waals surface area (Å²) in [5, 5.41) is 4.18. The third-order valence-corrected chi connectivity index (χ3v) is 4.31. The van der Waals surface area contributed by atoms with Crippen LogP contribution in [-0.2, 0) is 11.3 Å². The molecule has 2 rings (SSSR count). The van der Waals surface area contributed by atoms with E-state index in [0.717, 1.165) is 19.4 Å². The van der Waals surface area contributed by atoms with Crippen LogP contribution < -0.4 is 5.73 Å². The first-order valence-electron chi connectivity index (χ1n) is 6.65. The van der Waals surface area contributed by atoms with Crippen molar-refractivity contribution in [2.75, 3.05) is 6.54 Å². The number of nitrogens with two attached hydrogens (primary N) is 1. The molecule has 18 heavy (non-hydrogen) atoms. The Labute approximate surface area is 113 Å². The number of carbonyl (C=O) groups excluding carboxylic acids is 1. The summed E-state index contributed by atoms with van der Waals surface area (Å²) in [6.45, 7) is 5.34. The maximum absolute atomic E-state index is 12.6. The van der Waals surface area contributed by atoms with E-state index in [1.165, 1.54) is 5.56 Å². The minimum Gasteiger partial charge on any atom is -0.335 e. The lowest BCUT2D eigenvalue weighted by Gasteiger charge is -2.28. The molecule has 1 heterocycles. The van der Waals surface area contributed by atoms with E-state index < -0.39 is 0 Å². The van der Waals surface area contributed by atoms with Crippen LogP contribution in [0.3, 0.4) is 0 Å². The monoisotopic (exact) mass is 266 g/mol. The van der Waals surface area contributed by atoms with E-state index in [0.29, 0.717) is 18.5 Å². The van der Waals surface area contributed by atoms with Crippen molar-refractivity contribution < 1.29 is 4.79 Å². The molecular formula is C14H22N2OS. The molecule has 1 aliphatic rings. The van der Waals surface area contributed by atoms with Crippen molar-refractivity contribution >= 4 is 17.2 Å². The fraction of sp³-hybridized carbons (Fsp3) is 0.643. The Morgan fingerprint density at radius 1 is 1.56 bits per heavy atom. The highest BCUT2D eigenvalue weighted by Gasteiger charge is 2.36. The summed E-state index contributed by atoms with van der Waals surface area (Å²) in [5.74, 6) is 0.511. The maximum Gasteiger partial charge on any atom is 0.227 e. The molecule has 1 aromatic rings. The molecule has 0 bridgehead atoms. The maximum atomic E-state index is 12.6. The lowest BCUT2D eigenvalue weighted by molar-refractivity contribution is -0.137. The highest BCUT2D eigenvalue weighted by molar-refractivity contribution is 7.07. The SMILES string of the molecule is CC(C)C(CN)C(=O)N(Cc1ccsc1)C1CC1. The smallest absolute Gasteiger partial charge is 0.227 e. The van der Waals surface area contributed by atoms with E-state index in [-0.39, 0.29) is 11.8 Å². The minimum absolute atomic E-state index is 0.0377. The van der Waals surface area contributed by atoms with Gasteiger partial charge in [-0.25, -0.2) is 0 Å². The molecule has 1 aromatic heterocycles. The number of thiophene rings is 1. The van der Waals surface area contributed by atoms with Crippen LogP contribution in [0, 0.1) is 11.8 Å². The summed E-state index contributed by atoms with van der Waals surface area (Å²) in [4.78, 5) is 14.6. The average Bonchev–Trinajstić information content (AvgIpc) is 3.03. The van der Waals surface area contributed by atoms with Gasteiger partial charge in [-0.2, -0.15) is 11.3 Å². The molecule has 0 spiro atoms. The molecule has 0 saturated heterocycles. The van der Waals surface area contributed by atoms with E-state index in [1.54, 1.807) is 11.3 Å². The molecule has 4 heteroatoms. The van der Waals surface area contributed by atoms with Gasteiger partial charge >= 0.3 is 0 Å². The second kappa shape index (κ2) is 5.85. The second-order valence-corrected chi connectivity index (χ2v) is 6.20. The first-order valence-corrected chi connectivity index (χ1v) is 7.59. The predicted molar refractivity (Wildman–Crippen MR) is 75.3 cm³/mol. The van der Waals surface area contributed by atoms with Crippen molar-refractivity contribution in [1.29, 1.82) is 0 Å². The topological polar surface area (TPSA) is 46.3 Å². The predicted octanol–water partition coefficient (Wildman–Crippen LogP) is 2.47. The zero-order chi connectivity index (χ0) is 13.1. The minimum atomic E-state index is -0.0377. The molecule has 1 atom stereocenters. The summed E-state index contributed by atoms with van der Waals surface area (Å²) < 4.78 is 0. The summed E-state index contributed by atoms with van der Waals surface area (Å²) in [6, 6.07) is 2.55. The number of rotatable bonds is 6.